The first-order chi connectivity index (χ1) is 9.06. The molecular formula is C14H18BrNO3. The minimum Gasteiger partial charge on any atom is -0.378 e. The average Bonchev–Trinajstić information content (AvgIpc) is 2.38. The van der Waals surface area contributed by atoms with Gasteiger partial charge in [-0.1, -0.05) is 28.1 Å². The van der Waals surface area contributed by atoms with Gasteiger partial charge in [0.2, 0.25) is 0 Å². The zero-order chi connectivity index (χ0) is 13.9. The third kappa shape index (κ3) is 3.35. The van der Waals surface area contributed by atoms with E-state index in [0.29, 0.717) is 12.1 Å². The van der Waals surface area contributed by atoms with Gasteiger partial charge < -0.3 is 15.2 Å². The molecule has 1 saturated carbocycles. The van der Waals surface area contributed by atoms with Crippen molar-refractivity contribution in [2.24, 2.45) is 0 Å². The molecule has 1 aliphatic carbocycles. The second-order valence-electron chi connectivity index (χ2n) is 4.91. The topological polar surface area (TPSA) is 58.6 Å². The molecular weight excluding hydrogens is 310 g/mol. The normalized spacial score (nSPS) is 18.5. The van der Waals surface area contributed by atoms with Crippen molar-refractivity contribution in [3.63, 3.8) is 0 Å². The highest BCUT2D eigenvalue weighted by molar-refractivity contribution is 9.10. The predicted octanol–water partition coefficient (Wildman–Crippen LogP) is 2.17. The van der Waals surface area contributed by atoms with Gasteiger partial charge in [0.05, 0.1) is 5.60 Å². The molecule has 5 heteroatoms. The number of benzene rings is 1. The summed E-state index contributed by atoms with van der Waals surface area (Å²) in [7, 11) is 1.66. The summed E-state index contributed by atoms with van der Waals surface area (Å²) in [6.07, 6.45) is 1.90. The van der Waals surface area contributed by atoms with Crippen LogP contribution in [0, 0.1) is 0 Å². The summed E-state index contributed by atoms with van der Waals surface area (Å²) in [5, 5.41) is 12.7. The Morgan fingerprint density at radius 2 is 2.11 bits per heavy atom. The maximum atomic E-state index is 11.9. The van der Waals surface area contributed by atoms with Gasteiger partial charge in [-0.15, -0.1) is 0 Å². The highest BCUT2D eigenvalue weighted by atomic mass is 79.9. The number of halogens is 1. The van der Waals surface area contributed by atoms with Crippen molar-refractivity contribution in [1.82, 2.24) is 5.32 Å². The summed E-state index contributed by atoms with van der Waals surface area (Å²) >= 11 is 3.32. The average molecular weight is 328 g/mol. The number of amides is 1. The Morgan fingerprint density at radius 3 is 2.58 bits per heavy atom. The number of methoxy groups -OCH3 is 1. The van der Waals surface area contributed by atoms with E-state index in [-0.39, 0.29) is 11.5 Å². The van der Waals surface area contributed by atoms with Gasteiger partial charge in [0, 0.05) is 18.1 Å². The number of carbonyl (C=O) groups excluding carboxylic acids is 1. The molecule has 2 N–H and O–H groups in total. The molecule has 19 heavy (non-hydrogen) atoms. The Hall–Kier alpha value is -0.910. The second kappa shape index (κ2) is 6.03. The van der Waals surface area contributed by atoms with Crippen LogP contribution in [0.2, 0.25) is 0 Å². The minimum atomic E-state index is -1.14. The number of aliphatic hydroxyl groups excluding tert-OH is 1. The zero-order valence-corrected chi connectivity index (χ0v) is 12.4. The molecule has 0 spiro atoms. The van der Waals surface area contributed by atoms with Crippen LogP contribution < -0.4 is 5.32 Å². The molecule has 4 nitrogen and oxygen atoms in total. The number of hydrogen-bond donors (Lipinski definition) is 2. The Morgan fingerprint density at radius 1 is 1.47 bits per heavy atom. The molecule has 0 unspecified atom stereocenters. The lowest BCUT2D eigenvalue weighted by Crippen LogP contribution is -2.50. The fourth-order valence-electron chi connectivity index (χ4n) is 2.17. The van der Waals surface area contributed by atoms with Crippen LogP contribution in [0.4, 0.5) is 0 Å². The van der Waals surface area contributed by atoms with E-state index in [0.717, 1.165) is 23.7 Å². The van der Waals surface area contributed by atoms with Crippen LogP contribution in [-0.4, -0.2) is 30.3 Å². The molecule has 2 rings (SSSR count). The predicted molar refractivity (Wildman–Crippen MR) is 75.7 cm³/mol. The minimum absolute atomic E-state index is 0.227. The molecule has 0 bridgehead atoms. The third-order valence-corrected chi connectivity index (χ3v) is 4.25. The summed E-state index contributed by atoms with van der Waals surface area (Å²) < 4.78 is 6.34. The van der Waals surface area contributed by atoms with E-state index in [1.54, 1.807) is 31.4 Å². The Labute approximate surface area is 121 Å². The molecule has 0 aromatic heterocycles. The van der Waals surface area contributed by atoms with E-state index >= 15 is 0 Å². The van der Waals surface area contributed by atoms with Crippen molar-refractivity contribution in [3.05, 3.63) is 34.3 Å². The van der Waals surface area contributed by atoms with Crippen molar-refractivity contribution < 1.29 is 14.6 Å². The molecule has 1 aromatic carbocycles. The number of nitrogens with one attached hydrogen (secondary N) is 1. The number of rotatable bonds is 5. The van der Waals surface area contributed by atoms with Crippen LogP contribution in [0.15, 0.2) is 28.7 Å². The first kappa shape index (κ1) is 14.5. The standard InChI is InChI=1S/C14H18BrNO3/c1-19-14(7-2-8-14)9-16-13(18)12(17)10-3-5-11(15)6-4-10/h3-6,12,17H,2,7-9H2,1H3,(H,16,18)/t12-/m0/s1. The second-order valence-corrected chi connectivity index (χ2v) is 5.83. The van der Waals surface area contributed by atoms with Gasteiger partial charge in [-0.05, 0) is 37.0 Å². The molecule has 1 aromatic rings. The van der Waals surface area contributed by atoms with Gasteiger partial charge in [-0.2, -0.15) is 0 Å². The number of carbonyl (C=O) groups is 1. The van der Waals surface area contributed by atoms with Gasteiger partial charge in [0.15, 0.2) is 6.10 Å². The van der Waals surface area contributed by atoms with E-state index < -0.39 is 6.10 Å². The molecule has 1 aliphatic rings. The molecule has 0 saturated heterocycles. The smallest absolute Gasteiger partial charge is 0.253 e. The maximum absolute atomic E-state index is 11.9. The fourth-order valence-corrected chi connectivity index (χ4v) is 2.43. The van der Waals surface area contributed by atoms with Crippen LogP contribution in [0.25, 0.3) is 0 Å². The van der Waals surface area contributed by atoms with Gasteiger partial charge >= 0.3 is 0 Å². The summed E-state index contributed by atoms with van der Waals surface area (Å²) in [4.78, 5) is 11.9. The number of hydrogen-bond acceptors (Lipinski definition) is 3. The SMILES string of the molecule is COC1(CNC(=O)[C@@H](O)c2ccc(Br)cc2)CCC1. The van der Waals surface area contributed by atoms with Gasteiger partial charge in [0.1, 0.15) is 0 Å². The van der Waals surface area contributed by atoms with Crippen molar-refractivity contribution in [2.75, 3.05) is 13.7 Å². The van der Waals surface area contributed by atoms with Gasteiger partial charge in [-0.3, -0.25) is 4.79 Å². The fraction of sp³-hybridized carbons (Fsp3) is 0.500. The summed E-state index contributed by atoms with van der Waals surface area (Å²) in [6.45, 7) is 0.454. The van der Waals surface area contributed by atoms with Crippen LogP contribution in [0.3, 0.4) is 0 Å². The largest absolute Gasteiger partial charge is 0.378 e. The summed E-state index contributed by atoms with van der Waals surface area (Å²) in [5.41, 5.74) is 0.357. The van der Waals surface area contributed by atoms with Crippen molar-refractivity contribution in [3.8, 4) is 0 Å². The van der Waals surface area contributed by atoms with Crippen LogP contribution in [-0.2, 0) is 9.53 Å². The van der Waals surface area contributed by atoms with Crippen molar-refractivity contribution >= 4 is 21.8 Å². The zero-order valence-electron chi connectivity index (χ0n) is 10.9. The third-order valence-electron chi connectivity index (χ3n) is 3.72. The van der Waals surface area contributed by atoms with E-state index in [1.807, 2.05) is 0 Å². The lowest BCUT2D eigenvalue weighted by atomic mass is 9.80. The quantitative estimate of drug-likeness (QED) is 0.871. The van der Waals surface area contributed by atoms with E-state index in [1.165, 1.54) is 0 Å². The van der Waals surface area contributed by atoms with Gasteiger partial charge in [0.25, 0.3) is 5.91 Å². The maximum Gasteiger partial charge on any atom is 0.253 e. The molecule has 0 heterocycles. The van der Waals surface area contributed by atoms with E-state index in [2.05, 4.69) is 21.2 Å². The lowest BCUT2D eigenvalue weighted by Gasteiger charge is -2.40. The molecule has 0 radical (unpaired) electrons. The van der Waals surface area contributed by atoms with Crippen LogP contribution >= 0.6 is 15.9 Å². The highest BCUT2D eigenvalue weighted by Crippen LogP contribution is 2.34. The number of ether oxygens (including phenoxy) is 1. The lowest BCUT2D eigenvalue weighted by molar-refractivity contribution is -0.133. The monoisotopic (exact) mass is 327 g/mol. The molecule has 104 valence electrons. The van der Waals surface area contributed by atoms with Crippen LogP contribution in [0.5, 0.6) is 0 Å². The Balaban J connectivity index is 1.90. The summed E-state index contributed by atoms with van der Waals surface area (Å²) in [5.74, 6) is -0.384. The van der Waals surface area contributed by atoms with Gasteiger partial charge in [-0.25, -0.2) is 0 Å². The first-order valence-corrected chi connectivity index (χ1v) is 7.12. The molecule has 1 fully saturated rings. The van der Waals surface area contributed by atoms with E-state index in [4.69, 9.17) is 4.74 Å². The van der Waals surface area contributed by atoms with E-state index in [9.17, 15) is 9.90 Å². The Kier molecular flexibility index (Phi) is 4.60. The Bertz CT molecular complexity index is 437. The highest BCUT2D eigenvalue weighted by Gasteiger charge is 2.37. The first-order valence-electron chi connectivity index (χ1n) is 6.33. The molecule has 1 amide bonds. The molecule has 0 aliphatic heterocycles. The van der Waals surface area contributed by atoms with Crippen molar-refractivity contribution in [1.29, 1.82) is 0 Å². The summed E-state index contributed by atoms with van der Waals surface area (Å²) in [6, 6.07) is 7.05. The van der Waals surface area contributed by atoms with Crippen LogP contribution in [0.1, 0.15) is 30.9 Å². The molecule has 1 atom stereocenters. The number of aliphatic hydroxyl groups is 1. The van der Waals surface area contributed by atoms with Crippen molar-refractivity contribution in [2.45, 2.75) is 31.0 Å².